The van der Waals surface area contributed by atoms with Gasteiger partial charge in [-0.3, -0.25) is 4.68 Å². The van der Waals surface area contributed by atoms with Gasteiger partial charge in [0.1, 0.15) is 11.6 Å². The molecule has 104 valence electrons. The van der Waals surface area contributed by atoms with Crippen molar-refractivity contribution in [2.75, 3.05) is 12.8 Å². The number of ether oxygens (including phenoxy) is 1. The van der Waals surface area contributed by atoms with Crippen LogP contribution >= 0.6 is 0 Å². The number of aryl methyl sites for hydroxylation is 2. The molecule has 0 saturated heterocycles. The summed E-state index contributed by atoms with van der Waals surface area (Å²) in [6, 6.07) is 10.1. The van der Waals surface area contributed by atoms with Crippen LogP contribution in [0.15, 0.2) is 42.7 Å². The van der Waals surface area contributed by atoms with Crippen molar-refractivity contribution in [3.05, 3.63) is 42.7 Å². The van der Waals surface area contributed by atoms with E-state index >= 15 is 0 Å². The number of hydrogen-bond acceptors (Lipinski definition) is 3. The van der Waals surface area contributed by atoms with Gasteiger partial charge in [-0.05, 0) is 36.8 Å². The second kappa shape index (κ2) is 5.28. The SMILES string of the molecule is COc1ccc2c(ccn2CCCn2ccc(N)n2)c1. The highest BCUT2D eigenvalue weighted by atomic mass is 16.5. The fraction of sp³-hybridized carbons (Fsp3) is 0.267. The highest BCUT2D eigenvalue weighted by Crippen LogP contribution is 2.22. The molecular formula is C15H18N4O. The Kier molecular flexibility index (Phi) is 3.33. The fourth-order valence-corrected chi connectivity index (χ4v) is 2.41. The van der Waals surface area contributed by atoms with Crippen molar-refractivity contribution in [2.45, 2.75) is 19.5 Å². The Bertz CT molecular complexity index is 714. The van der Waals surface area contributed by atoms with Crippen molar-refractivity contribution in [3.8, 4) is 5.75 Å². The number of nitrogen functional groups attached to an aromatic ring is 1. The summed E-state index contributed by atoms with van der Waals surface area (Å²) in [4.78, 5) is 0. The second-order valence-corrected chi connectivity index (χ2v) is 4.79. The Balaban J connectivity index is 1.68. The molecule has 0 bridgehead atoms. The van der Waals surface area contributed by atoms with Gasteiger partial charge in [0.25, 0.3) is 0 Å². The minimum absolute atomic E-state index is 0.573. The fourth-order valence-electron chi connectivity index (χ4n) is 2.41. The topological polar surface area (TPSA) is 58.0 Å². The van der Waals surface area contributed by atoms with Crippen molar-refractivity contribution in [1.29, 1.82) is 0 Å². The summed E-state index contributed by atoms with van der Waals surface area (Å²) in [5.41, 5.74) is 6.83. The molecule has 5 nitrogen and oxygen atoms in total. The molecule has 0 fully saturated rings. The zero-order valence-electron chi connectivity index (χ0n) is 11.5. The number of methoxy groups -OCH3 is 1. The molecule has 5 heteroatoms. The summed E-state index contributed by atoms with van der Waals surface area (Å²) < 4.78 is 9.37. The molecule has 0 aliphatic heterocycles. The third-order valence-electron chi connectivity index (χ3n) is 3.43. The van der Waals surface area contributed by atoms with E-state index in [4.69, 9.17) is 10.5 Å². The van der Waals surface area contributed by atoms with Crippen LogP contribution in [0.2, 0.25) is 0 Å². The molecule has 0 aliphatic carbocycles. The van der Waals surface area contributed by atoms with Crippen LogP contribution in [0, 0.1) is 0 Å². The summed E-state index contributed by atoms with van der Waals surface area (Å²) in [6.07, 6.45) is 5.03. The molecule has 3 aromatic rings. The van der Waals surface area contributed by atoms with Crippen molar-refractivity contribution in [3.63, 3.8) is 0 Å². The Labute approximate surface area is 117 Å². The lowest BCUT2D eigenvalue weighted by Gasteiger charge is -2.06. The molecule has 0 saturated carbocycles. The van der Waals surface area contributed by atoms with Gasteiger partial charge < -0.3 is 15.0 Å². The van der Waals surface area contributed by atoms with E-state index in [2.05, 4.69) is 34.1 Å². The summed E-state index contributed by atoms with van der Waals surface area (Å²) in [5.74, 6) is 1.46. The van der Waals surface area contributed by atoms with Crippen LogP contribution < -0.4 is 10.5 Å². The van der Waals surface area contributed by atoms with Gasteiger partial charge in [-0.2, -0.15) is 5.10 Å². The number of fused-ring (bicyclic) bond motifs is 1. The van der Waals surface area contributed by atoms with Crippen molar-refractivity contribution in [2.24, 2.45) is 0 Å². The van der Waals surface area contributed by atoms with Crippen LogP contribution in [0.25, 0.3) is 10.9 Å². The van der Waals surface area contributed by atoms with Crippen molar-refractivity contribution in [1.82, 2.24) is 14.3 Å². The largest absolute Gasteiger partial charge is 0.497 e. The lowest BCUT2D eigenvalue weighted by atomic mass is 10.2. The molecule has 3 rings (SSSR count). The first-order valence-electron chi connectivity index (χ1n) is 6.68. The Morgan fingerprint density at radius 3 is 2.80 bits per heavy atom. The van der Waals surface area contributed by atoms with Crippen LogP contribution in [0.4, 0.5) is 5.82 Å². The number of benzene rings is 1. The zero-order valence-corrected chi connectivity index (χ0v) is 11.5. The smallest absolute Gasteiger partial charge is 0.145 e. The van der Waals surface area contributed by atoms with E-state index in [0.717, 1.165) is 25.3 Å². The van der Waals surface area contributed by atoms with Crippen molar-refractivity contribution >= 4 is 16.7 Å². The average molecular weight is 270 g/mol. The first kappa shape index (κ1) is 12.6. The molecule has 0 aliphatic rings. The van der Waals surface area contributed by atoms with E-state index in [1.54, 1.807) is 7.11 Å². The molecule has 0 spiro atoms. The summed E-state index contributed by atoms with van der Waals surface area (Å²) in [7, 11) is 1.69. The maximum absolute atomic E-state index is 5.60. The first-order valence-corrected chi connectivity index (χ1v) is 6.68. The molecule has 2 N–H and O–H groups in total. The van der Waals surface area contributed by atoms with Gasteiger partial charge in [0, 0.05) is 36.4 Å². The van der Waals surface area contributed by atoms with E-state index < -0.39 is 0 Å². The third kappa shape index (κ3) is 2.47. The molecule has 20 heavy (non-hydrogen) atoms. The Hall–Kier alpha value is -2.43. The Morgan fingerprint density at radius 2 is 2.05 bits per heavy atom. The molecular weight excluding hydrogens is 252 g/mol. The van der Waals surface area contributed by atoms with Gasteiger partial charge in [-0.25, -0.2) is 0 Å². The van der Waals surface area contributed by atoms with Gasteiger partial charge in [-0.15, -0.1) is 0 Å². The van der Waals surface area contributed by atoms with Gasteiger partial charge in [0.2, 0.25) is 0 Å². The molecule has 0 unspecified atom stereocenters. The normalized spacial score (nSPS) is 11.1. The lowest BCUT2D eigenvalue weighted by Crippen LogP contribution is -2.04. The number of anilines is 1. The molecule has 0 atom stereocenters. The molecule has 2 aromatic heterocycles. The minimum atomic E-state index is 0.573. The lowest BCUT2D eigenvalue weighted by molar-refractivity contribution is 0.415. The van der Waals surface area contributed by atoms with E-state index in [1.807, 2.05) is 23.0 Å². The minimum Gasteiger partial charge on any atom is -0.497 e. The number of aromatic nitrogens is 3. The molecule has 0 amide bonds. The predicted molar refractivity (Wildman–Crippen MR) is 79.7 cm³/mol. The van der Waals surface area contributed by atoms with Gasteiger partial charge in [0.05, 0.1) is 7.11 Å². The molecule has 2 heterocycles. The van der Waals surface area contributed by atoms with Crippen LogP contribution in [0.1, 0.15) is 6.42 Å². The monoisotopic (exact) mass is 270 g/mol. The van der Waals surface area contributed by atoms with E-state index in [0.29, 0.717) is 5.82 Å². The number of hydrogen-bond donors (Lipinski definition) is 1. The van der Waals surface area contributed by atoms with Gasteiger partial charge in [-0.1, -0.05) is 0 Å². The zero-order chi connectivity index (χ0) is 13.9. The first-order chi connectivity index (χ1) is 9.76. The quantitative estimate of drug-likeness (QED) is 0.775. The van der Waals surface area contributed by atoms with Gasteiger partial charge >= 0.3 is 0 Å². The summed E-state index contributed by atoms with van der Waals surface area (Å²) >= 11 is 0. The molecule has 1 aromatic carbocycles. The van der Waals surface area contributed by atoms with Crippen LogP contribution in [0.3, 0.4) is 0 Å². The van der Waals surface area contributed by atoms with Crippen molar-refractivity contribution < 1.29 is 4.74 Å². The van der Waals surface area contributed by atoms with Crippen LogP contribution in [-0.2, 0) is 13.1 Å². The standard InChI is InChI=1S/C15H18N4O/c1-20-13-3-4-14-12(11-13)5-9-18(14)7-2-8-19-10-6-15(16)17-19/h3-6,9-11H,2,7-8H2,1H3,(H2,16,17). The highest BCUT2D eigenvalue weighted by Gasteiger charge is 2.03. The molecule has 0 radical (unpaired) electrons. The number of nitrogens with zero attached hydrogens (tertiary/aromatic N) is 3. The third-order valence-corrected chi connectivity index (χ3v) is 3.43. The second-order valence-electron chi connectivity index (χ2n) is 4.79. The average Bonchev–Trinajstić information content (AvgIpc) is 3.05. The predicted octanol–water partition coefficient (Wildman–Crippen LogP) is 2.52. The summed E-state index contributed by atoms with van der Waals surface area (Å²) in [5, 5.41) is 5.38. The summed E-state index contributed by atoms with van der Waals surface area (Å²) in [6.45, 7) is 1.82. The van der Waals surface area contributed by atoms with E-state index in [-0.39, 0.29) is 0 Å². The number of nitrogens with two attached hydrogens (primary N) is 1. The van der Waals surface area contributed by atoms with E-state index in [1.165, 1.54) is 10.9 Å². The number of rotatable bonds is 5. The Morgan fingerprint density at radius 1 is 1.15 bits per heavy atom. The highest BCUT2D eigenvalue weighted by molar-refractivity contribution is 5.81. The van der Waals surface area contributed by atoms with E-state index in [9.17, 15) is 0 Å². The van der Waals surface area contributed by atoms with Crippen LogP contribution in [0.5, 0.6) is 5.75 Å². The van der Waals surface area contributed by atoms with Crippen LogP contribution in [-0.4, -0.2) is 21.5 Å². The van der Waals surface area contributed by atoms with Gasteiger partial charge in [0.15, 0.2) is 0 Å². The maximum atomic E-state index is 5.60. The maximum Gasteiger partial charge on any atom is 0.145 e.